The van der Waals surface area contributed by atoms with Gasteiger partial charge in [-0.2, -0.15) is 0 Å². The average molecular weight is 146 g/mol. The molecule has 0 aliphatic carbocycles. The molecule has 60 valence electrons. The number of rotatable bonds is 3. The van der Waals surface area contributed by atoms with E-state index < -0.39 is 6.09 Å². The molecule has 0 aromatic rings. The van der Waals surface area contributed by atoms with Crippen molar-refractivity contribution in [2.45, 2.75) is 26.4 Å². The Hall–Kier alpha value is -0.770. The second-order valence-corrected chi connectivity index (χ2v) is 2.01. The van der Waals surface area contributed by atoms with Gasteiger partial charge in [0.05, 0.1) is 6.67 Å². The van der Waals surface area contributed by atoms with Crippen molar-refractivity contribution in [2.75, 3.05) is 6.67 Å². The predicted molar refractivity (Wildman–Crippen MR) is 38.4 cm³/mol. The Balaban J connectivity index is 3.37. The van der Waals surface area contributed by atoms with E-state index in [1.807, 2.05) is 13.8 Å². The molecule has 3 N–H and O–H groups in total. The third kappa shape index (κ3) is 4.14. The van der Waals surface area contributed by atoms with Crippen LogP contribution >= 0.6 is 0 Å². The summed E-state index contributed by atoms with van der Waals surface area (Å²) in [6.45, 7) is 3.89. The van der Waals surface area contributed by atoms with Crippen LogP contribution in [0.5, 0.6) is 0 Å². The lowest BCUT2D eigenvalue weighted by Crippen LogP contribution is -2.32. The van der Waals surface area contributed by atoms with Crippen molar-refractivity contribution < 1.29 is 9.53 Å². The van der Waals surface area contributed by atoms with E-state index in [-0.39, 0.29) is 12.8 Å². The minimum absolute atomic E-state index is 0.0356. The van der Waals surface area contributed by atoms with Crippen LogP contribution in [0.1, 0.15) is 20.3 Å². The van der Waals surface area contributed by atoms with Crippen LogP contribution in [0.3, 0.4) is 0 Å². The monoisotopic (exact) mass is 146 g/mol. The van der Waals surface area contributed by atoms with Crippen LogP contribution in [0.15, 0.2) is 0 Å². The van der Waals surface area contributed by atoms with Crippen molar-refractivity contribution in [3.63, 3.8) is 0 Å². The summed E-state index contributed by atoms with van der Waals surface area (Å²) in [5, 5.41) is 2.33. The second-order valence-electron chi connectivity index (χ2n) is 2.01. The summed E-state index contributed by atoms with van der Waals surface area (Å²) in [4.78, 5) is 10.6. The molecular formula is C6H14N2O2. The molecule has 0 saturated carbocycles. The third-order valence-electron chi connectivity index (χ3n) is 1.13. The second kappa shape index (κ2) is 5.05. The van der Waals surface area contributed by atoms with E-state index in [1.54, 1.807) is 0 Å². The molecule has 0 aliphatic heterocycles. The third-order valence-corrected chi connectivity index (χ3v) is 1.13. The molecule has 0 saturated heterocycles. The van der Waals surface area contributed by atoms with Gasteiger partial charge in [-0.25, -0.2) is 4.79 Å². The maximum absolute atomic E-state index is 10.6. The Morgan fingerprint density at radius 2 is 2.40 bits per heavy atom. The fourth-order valence-electron chi connectivity index (χ4n) is 0.391. The molecule has 10 heavy (non-hydrogen) atoms. The first-order valence-corrected chi connectivity index (χ1v) is 3.35. The maximum atomic E-state index is 10.6. The van der Waals surface area contributed by atoms with Gasteiger partial charge in [0.15, 0.2) is 0 Å². The van der Waals surface area contributed by atoms with Crippen LogP contribution < -0.4 is 11.1 Å². The summed E-state index contributed by atoms with van der Waals surface area (Å²) in [7, 11) is 0. The fraction of sp³-hybridized carbons (Fsp3) is 0.833. The molecule has 0 radical (unpaired) electrons. The molecule has 0 fully saturated rings. The van der Waals surface area contributed by atoms with Crippen LogP contribution in [0.2, 0.25) is 0 Å². The van der Waals surface area contributed by atoms with Crippen molar-refractivity contribution >= 4 is 6.09 Å². The van der Waals surface area contributed by atoms with E-state index in [0.717, 1.165) is 6.42 Å². The number of carbonyl (C=O) groups excluding carboxylic acids is 1. The lowest BCUT2D eigenvalue weighted by Gasteiger charge is -2.09. The van der Waals surface area contributed by atoms with E-state index in [2.05, 4.69) is 5.32 Å². The molecule has 0 aliphatic rings. The van der Waals surface area contributed by atoms with Gasteiger partial charge in [-0.1, -0.05) is 6.92 Å². The molecule has 0 bridgehead atoms. The molecule has 1 amide bonds. The molecule has 4 nitrogen and oxygen atoms in total. The molecule has 1 atom stereocenters. The van der Waals surface area contributed by atoms with Crippen LogP contribution in [0, 0.1) is 0 Å². The smallest absolute Gasteiger partial charge is 0.408 e. The average Bonchev–Trinajstić information content (AvgIpc) is 1.88. The summed E-state index contributed by atoms with van der Waals surface area (Å²) in [5.41, 5.74) is 5.03. The predicted octanol–water partition coefficient (Wildman–Crippen LogP) is 0.427. The van der Waals surface area contributed by atoms with Gasteiger partial charge in [0, 0.05) is 0 Å². The highest BCUT2D eigenvalue weighted by molar-refractivity contribution is 5.67. The van der Waals surface area contributed by atoms with Crippen molar-refractivity contribution in [3.8, 4) is 0 Å². The normalized spacial score (nSPS) is 12.3. The lowest BCUT2D eigenvalue weighted by atomic mass is 10.3. The van der Waals surface area contributed by atoms with Crippen molar-refractivity contribution in [1.82, 2.24) is 5.32 Å². The number of ether oxygens (including phenoxy) is 1. The van der Waals surface area contributed by atoms with Crippen molar-refractivity contribution in [2.24, 2.45) is 5.73 Å². The van der Waals surface area contributed by atoms with Crippen LogP contribution in [0.4, 0.5) is 4.79 Å². The van der Waals surface area contributed by atoms with Gasteiger partial charge in [0.25, 0.3) is 0 Å². The molecule has 0 aromatic carbocycles. The number of hydrogen-bond donors (Lipinski definition) is 2. The number of alkyl carbamates (subject to hydrolysis) is 1. The zero-order valence-corrected chi connectivity index (χ0v) is 6.39. The summed E-state index contributed by atoms with van der Waals surface area (Å²) in [6, 6.07) is 0. The summed E-state index contributed by atoms with van der Waals surface area (Å²) in [5.74, 6) is 0. The van der Waals surface area contributed by atoms with Gasteiger partial charge >= 0.3 is 6.09 Å². The quantitative estimate of drug-likeness (QED) is 0.567. The molecule has 0 spiro atoms. The highest BCUT2D eigenvalue weighted by Gasteiger charge is 2.04. The van der Waals surface area contributed by atoms with Crippen LogP contribution in [-0.4, -0.2) is 18.9 Å². The van der Waals surface area contributed by atoms with Gasteiger partial charge in [0.2, 0.25) is 0 Å². The molecule has 0 rings (SSSR count). The first kappa shape index (κ1) is 9.23. The first-order valence-electron chi connectivity index (χ1n) is 3.35. The standard InChI is InChI=1S/C6H14N2O2/c1-3-5(2)10-6(9)8-4-7/h5H,3-4,7H2,1-2H3,(H,8,9)/t5-/m1/s1. The lowest BCUT2D eigenvalue weighted by molar-refractivity contribution is 0.105. The van der Waals surface area contributed by atoms with Gasteiger partial charge < -0.3 is 15.8 Å². The highest BCUT2D eigenvalue weighted by atomic mass is 16.6. The molecular weight excluding hydrogens is 132 g/mol. The Labute approximate surface area is 60.7 Å². The van der Waals surface area contributed by atoms with Gasteiger partial charge in [-0.05, 0) is 13.3 Å². The molecule has 0 aromatic heterocycles. The Kier molecular flexibility index (Phi) is 4.66. The highest BCUT2D eigenvalue weighted by Crippen LogP contribution is 1.94. The number of amides is 1. The Bertz CT molecular complexity index is 106. The van der Waals surface area contributed by atoms with Gasteiger partial charge in [0.1, 0.15) is 6.10 Å². The maximum Gasteiger partial charge on any atom is 0.408 e. The van der Waals surface area contributed by atoms with E-state index in [9.17, 15) is 4.79 Å². The Morgan fingerprint density at radius 1 is 1.80 bits per heavy atom. The van der Waals surface area contributed by atoms with Crippen molar-refractivity contribution in [3.05, 3.63) is 0 Å². The summed E-state index contributed by atoms with van der Waals surface area (Å²) < 4.78 is 4.81. The number of carbonyl (C=O) groups is 1. The topological polar surface area (TPSA) is 64.3 Å². The minimum atomic E-state index is -0.447. The molecule has 0 heterocycles. The zero-order chi connectivity index (χ0) is 7.98. The number of hydrogen-bond acceptors (Lipinski definition) is 3. The summed E-state index contributed by atoms with van der Waals surface area (Å²) >= 11 is 0. The van der Waals surface area contributed by atoms with E-state index in [4.69, 9.17) is 10.5 Å². The summed E-state index contributed by atoms with van der Waals surface area (Å²) in [6.07, 6.45) is 0.334. The number of nitrogens with one attached hydrogen (secondary N) is 1. The zero-order valence-electron chi connectivity index (χ0n) is 6.39. The molecule has 4 heteroatoms. The Morgan fingerprint density at radius 3 is 2.80 bits per heavy atom. The van der Waals surface area contributed by atoms with Gasteiger partial charge in [-0.15, -0.1) is 0 Å². The van der Waals surface area contributed by atoms with E-state index >= 15 is 0 Å². The van der Waals surface area contributed by atoms with Crippen molar-refractivity contribution in [1.29, 1.82) is 0 Å². The SMILES string of the molecule is CC[C@@H](C)OC(=O)NCN. The van der Waals surface area contributed by atoms with E-state index in [1.165, 1.54) is 0 Å². The largest absolute Gasteiger partial charge is 0.447 e. The minimum Gasteiger partial charge on any atom is -0.447 e. The number of nitrogens with two attached hydrogens (primary N) is 1. The fourth-order valence-corrected chi connectivity index (χ4v) is 0.391. The van der Waals surface area contributed by atoms with Crippen LogP contribution in [-0.2, 0) is 4.74 Å². The van der Waals surface area contributed by atoms with Crippen LogP contribution in [0.25, 0.3) is 0 Å². The van der Waals surface area contributed by atoms with E-state index in [0.29, 0.717) is 0 Å². The van der Waals surface area contributed by atoms with Gasteiger partial charge in [-0.3, -0.25) is 0 Å². The first-order chi connectivity index (χ1) is 4.70. The molecule has 0 unspecified atom stereocenters.